The van der Waals surface area contributed by atoms with Crippen LogP contribution in [0.2, 0.25) is 0 Å². The molecule has 0 bridgehead atoms. The number of allylic oxidation sites excluding steroid dienone is 1. The smallest absolute Gasteiger partial charge is 0.266 e. The minimum Gasteiger partial charge on any atom is -0.292 e. The first kappa shape index (κ1) is 12.9. The second-order valence-electron chi connectivity index (χ2n) is 4.34. The number of hydrogen-bond acceptors (Lipinski definition) is 3. The Balaban J connectivity index is 2.88. The summed E-state index contributed by atoms with van der Waals surface area (Å²) in [6.45, 7) is 7.16. The van der Waals surface area contributed by atoms with Gasteiger partial charge in [0.1, 0.15) is 0 Å². The second kappa shape index (κ2) is 5.25. The molecule has 1 radical (unpaired) electrons. The predicted molar refractivity (Wildman–Crippen MR) is 62.1 cm³/mol. The van der Waals surface area contributed by atoms with Crippen LogP contribution in [0.25, 0.3) is 0 Å². The van der Waals surface area contributed by atoms with Crippen molar-refractivity contribution in [2.75, 3.05) is 20.1 Å². The lowest BCUT2D eigenvalue weighted by Gasteiger charge is -2.36. The Kier molecular flexibility index (Phi) is 4.24. The molecular weight excluding hydrogens is 204 g/mol. The monoisotopic (exact) mass is 223 g/mol. The van der Waals surface area contributed by atoms with Crippen molar-refractivity contribution >= 4 is 11.7 Å². The SMILES string of the molecule is C[N]C(=O)C(C(=O)C(C)=C(C)C)N1CCC1. The summed E-state index contributed by atoms with van der Waals surface area (Å²) in [6.07, 6.45) is 1.05. The number of amides is 1. The standard InChI is InChI=1S/C12H19N2O2/c1-8(2)9(3)11(15)10(12(16)13-4)14-6-5-7-14/h10H,5-7H2,1-4H3. The van der Waals surface area contributed by atoms with Crippen LogP contribution in [-0.2, 0) is 9.59 Å². The fourth-order valence-corrected chi connectivity index (χ4v) is 1.61. The van der Waals surface area contributed by atoms with E-state index in [2.05, 4.69) is 5.32 Å². The third-order valence-corrected chi connectivity index (χ3v) is 3.08. The maximum Gasteiger partial charge on any atom is 0.266 e. The molecule has 1 aliphatic heterocycles. The van der Waals surface area contributed by atoms with E-state index in [-0.39, 0.29) is 11.7 Å². The molecule has 1 amide bonds. The number of Topliss-reactive ketones (excluding diaryl/α,β-unsaturated/α-hetero) is 1. The van der Waals surface area contributed by atoms with Gasteiger partial charge in [0.05, 0.1) is 0 Å². The molecule has 0 aromatic carbocycles. The highest BCUT2D eigenvalue weighted by Gasteiger charge is 2.36. The van der Waals surface area contributed by atoms with E-state index in [1.807, 2.05) is 18.7 Å². The molecule has 1 saturated heterocycles. The summed E-state index contributed by atoms with van der Waals surface area (Å²) >= 11 is 0. The first-order valence-corrected chi connectivity index (χ1v) is 5.55. The normalized spacial score (nSPS) is 17.2. The minimum absolute atomic E-state index is 0.102. The van der Waals surface area contributed by atoms with Crippen LogP contribution in [0, 0.1) is 0 Å². The Hall–Kier alpha value is -1.16. The zero-order valence-corrected chi connectivity index (χ0v) is 10.4. The highest BCUT2D eigenvalue weighted by Crippen LogP contribution is 2.17. The lowest BCUT2D eigenvalue weighted by Crippen LogP contribution is -2.55. The van der Waals surface area contributed by atoms with Crippen molar-refractivity contribution in [3.05, 3.63) is 11.1 Å². The molecule has 16 heavy (non-hydrogen) atoms. The van der Waals surface area contributed by atoms with Crippen LogP contribution in [0.4, 0.5) is 0 Å². The Labute approximate surface area is 96.7 Å². The Morgan fingerprint density at radius 1 is 1.19 bits per heavy atom. The maximum absolute atomic E-state index is 12.1. The summed E-state index contributed by atoms with van der Waals surface area (Å²) in [6, 6.07) is -0.686. The van der Waals surface area contributed by atoms with Gasteiger partial charge in [-0.25, -0.2) is 0 Å². The van der Waals surface area contributed by atoms with Gasteiger partial charge in [-0.15, -0.1) is 0 Å². The number of rotatable bonds is 4. The minimum atomic E-state index is -0.686. The van der Waals surface area contributed by atoms with Crippen LogP contribution >= 0.6 is 0 Å². The molecule has 0 saturated carbocycles. The van der Waals surface area contributed by atoms with E-state index in [9.17, 15) is 9.59 Å². The maximum atomic E-state index is 12.1. The van der Waals surface area contributed by atoms with Crippen LogP contribution in [0.5, 0.6) is 0 Å². The number of ketones is 1. The molecule has 1 heterocycles. The summed E-state index contributed by atoms with van der Waals surface area (Å²) in [5.41, 5.74) is 1.63. The van der Waals surface area contributed by atoms with Crippen molar-refractivity contribution in [2.45, 2.75) is 33.2 Å². The van der Waals surface area contributed by atoms with E-state index < -0.39 is 6.04 Å². The third-order valence-electron chi connectivity index (χ3n) is 3.08. The van der Waals surface area contributed by atoms with Gasteiger partial charge in [-0.05, 0) is 32.8 Å². The molecule has 4 nitrogen and oxygen atoms in total. The number of likely N-dealkylation sites (tertiary alicyclic amines) is 1. The highest BCUT2D eigenvalue weighted by molar-refractivity contribution is 6.13. The van der Waals surface area contributed by atoms with E-state index in [4.69, 9.17) is 0 Å². The topological polar surface area (TPSA) is 51.5 Å². The fourth-order valence-electron chi connectivity index (χ4n) is 1.61. The van der Waals surface area contributed by atoms with E-state index >= 15 is 0 Å². The Morgan fingerprint density at radius 3 is 2.06 bits per heavy atom. The van der Waals surface area contributed by atoms with Crippen LogP contribution in [0.3, 0.4) is 0 Å². The van der Waals surface area contributed by atoms with Crippen LogP contribution in [0.15, 0.2) is 11.1 Å². The van der Waals surface area contributed by atoms with Gasteiger partial charge >= 0.3 is 0 Å². The fraction of sp³-hybridized carbons (Fsp3) is 0.667. The van der Waals surface area contributed by atoms with Gasteiger partial charge in [-0.3, -0.25) is 19.8 Å². The van der Waals surface area contributed by atoms with E-state index in [1.54, 1.807) is 6.92 Å². The number of likely N-dealkylation sites (N-methyl/N-ethyl adjacent to an activating group) is 1. The van der Waals surface area contributed by atoms with Crippen LogP contribution in [-0.4, -0.2) is 42.8 Å². The number of hydrogen-bond donors (Lipinski definition) is 0. The largest absolute Gasteiger partial charge is 0.292 e. The Morgan fingerprint density at radius 2 is 1.75 bits per heavy atom. The molecule has 0 spiro atoms. The van der Waals surface area contributed by atoms with Gasteiger partial charge in [0.25, 0.3) is 5.91 Å². The zero-order valence-electron chi connectivity index (χ0n) is 10.4. The molecule has 0 aromatic heterocycles. The van der Waals surface area contributed by atoms with Gasteiger partial charge in [-0.1, -0.05) is 5.57 Å². The molecular formula is C12H19N2O2. The first-order valence-electron chi connectivity index (χ1n) is 5.55. The average molecular weight is 223 g/mol. The van der Waals surface area contributed by atoms with Gasteiger partial charge in [0.2, 0.25) is 0 Å². The van der Waals surface area contributed by atoms with Crippen molar-refractivity contribution in [3.63, 3.8) is 0 Å². The average Bonchev–Trinajstić information content (AvgIpc) is 2.19. The summed E-state index contributed by atoms with van der Waals surface area (Å²) in [5.74, 6) is -0.430. The molecule has 4 heteroatoms. The van der Waals surface area contributed by atoms with Gasteiger partial charge in [0.15, 0.2) is 11.8 Å². The van der Waals surface area contributed by atoms with Crippen LogP contribution < -0.4 is 5.32 Å². The molecule has 89 valence electrons. The van der Waals surface area contributed by atoms with Crippen LogP contribution in [0.1, 0.15) is 27.2 Å². The Bertz CT molecular complexity index is 326. The van der Waals surface area contributed by atoms with E-state index in [0.717, 1.165) is 25.1 Å². The molecule has 0 N–H and O–H groups in total. The van der Waals surface area contributed by atoms with Crippen molar-refractivity contribution in [1.29, 1.82) is 0 Å². The van der Waals surface area contributed by atoms with Crippen molar-refractivity contribution in [3.8, 4) is 0 Å². The molecule has 1 aliphatic rings. The summed E-state index contributed by atoms with van der Waals surface area (Å²) < 4.78 is 0. The third kappa shape index (κ3) is 2.50. The summed E-state index contributed by atoms with van der Waals surface area (Å²) in [7, 11) is 1.44. The second-order valence-corrected chi connectivity index (χ2v) is 4.34. The molecule has 0 aliphatic carbocycles. The summed E-state index contributed by atoms with van der Waals surface area (Å²) in [4.78, 5) is 25.7. The van der Waals surface area contributed by atoms with Gasteiger partial charge < -0.3 is 0 Å². The number of nitrogens with zero attached hydrogens (tertiary/aromatic N) is 2. The van der Waals surface area contributed by atoms with E-state index in [1.165, 1.54) is 7.05 Å². The van der Waals surface area contributed by atoms with Gasteiger partial charge in [-0.2, -0.15) is 0 Å². The number of carbonyl (C=O) groups is 2. The van der Waals surface area contributed by atoms with Crippen molar-refractivity contribution < 1.29 is 9.59 Å². The molecule has 1 rings (SSSR count). The predicted octanol–water partition coefficient (Wildman–Crippen LogP) is 0.747. The summed E-state index contributed by atoms with van der Waals surface area (Å²) in [5, 5.41) is 3.63. The molecule has 1 fully saturated rings. The molecule has 1 unspecified atom stereocenters. The molecule has 1 atom stereocenters. The zero-order chi connectivity index (χ0) is 12.3. The van der Waals surface area contributed by atoms with Crippen molar-refractivity contribution in [2.24, 2.45) is 0 Å². The quantitative estimate of drug-likeness (QED) is 0.522. The number of carbonyl (C=O) groups excluding carboxylic acids is 2. The lowest BCUT2D eigenvalue weighted by atomic mass is 9.97. The lowest BCUT2D eigenvalue weighted by molar-refractivity contribution is -0.135. The van der Waals surface area contributed by atoms with Crippen molar-refractivity contribution in [1.82, 2.24) is 10.2 Å². The highest BCUT2D eigenvalue weighted by atomic mass is 16.2. The van der Waals surface area contributed by atoms with E-state index in [0.29, 0.717) is 5.57 Å². The first-order chi connectivity index (χ1) is 7.49. The molecule has 0 aromatic rings. The van der Waals surface area contributed by atoms with Gasteiger partial charge in [0, 0.05) is 20.1 Å².